The summed E-state index contributed by atoms with van der Waals surface area (Å²) in [7, 11) is 0. The third kappa shape index (κ3) is 3.60. The molecule has 2 aromatic carbocycles. The molecule has 1 aliphatic rings. The normalized spacial score (nSPS) is 13.8. The summed E-state index contributed by atoms with van der Waals surface area (Å²) in [4.78, 5) is 28.1. The summed E-state index contributed by atoms with van der Waals surface area (Å²) >= 11 is 0. The number of benzene rings is 2. The Morgan fingerprint density at radius 1 is 0.931 bits per heavy atom. The Morgan fingerprint density at radius 2 is 1.59 bits per heavy atom. The summed E-state index contributed by atoms with van der Waals surface area (Å²) in [6.45, 7) is 7.51. The van der Waals surface area contributed by atoms with Crippen LogP contribution in [0.3, 0.4) is 0 Å². The van der Waals surface area contributed by atoms with E-state index in [1.165, 1.54) is 5.69 Å². The summed E-state index contributed by atoms with van der Waals surface area (Å²) < 4.78 is 2.05. The molecule has 4 rings (SSSR count). The molecule has 0 fully saturated rings. The standard InChI is InChI=1S/C24H25N3O2/c1-24(2,3)27-21-13-14-26(16-18(21)15-25-27)23(29)20-12-8-7-11-19(20)22(28)17-9-5-4-6-10-17/h4-12,15H,13-14,16H2,1-3H3. The van der Waals surface area contributed by atoms with E-state index in [0.29, 0.717) is 29.8 Å². The molecule has 1 aliphatic heterocycles. The largest absolute Gasteiger partial charge is 0.334 e. The summed E-state index contributed by atoms with van der Waals surface area (Å²) in [5.41, 5.74) is 3.66. The Bertz CT molecular complexity index is 1060. The van der Waals surface area contributed by atoms with E-state index in [9.17, 15) is 9.59 Å². The van der Waals surface area contributed by atoms with Crippen LogP contribution in [0, 0.1) is 0 Å². The maximum absolute atomic E-state index is 13.3. The molecule has 3 aromatic rings. The Kier molecular flexibility index (Phi) is 4.82. The number of hydrogen-bond donors (Lipinski definition) is 0. The number of carbonyl (C=O) groups excluding carboxylic acids is 2. The van der Waals surface area contributed by atoms with Gasteiger partial charge in [0.25, 0.3) is 5.91 Å². The zero-order chi connectivity index (χ0) is 20.6. The number of ketones is 1. The van der Waals surface area contributed by atoms with E-state index in [4.69, 9.17) is 0 Å². The van der Waals surface area contributed by atoms with Crippen molar-refractivity contribution in [1.29, 1.82) is 0 Å². The fourth-order valence-electron chi connectivity index (χ4n) is 3.87. The van der Waals surface area contributed by atoms with Gasteiger partial charge < -0.3 is 4.90 Å². The Balaban J connectivity index is 1.62. The van der Waals surface area contributed by atoms with Gasteiger partial charge in [-0.3, -0.25) is 14.3 Å². The second kappa shape index (κ2) is 7.32. The highest BCUT2D eigenvalue weighted by Crippen LogP contribution is 2.26. The van der Waals surface area contributed by atoms with Crippen molar-refractivity contribution < 1.29 is 9.59 Å². The predicted octanol–water partition coefficient (Wildman–Crippen LogP) is 4.07. The molecule has 1 aromatic heterocycles. The molecule has 0 N–H and O–H groups in total. The van der Waals surface area contributed by atoms with E-state index in [0.717, 1.165) is 12.0 Å². The molecule has 0 bridgehead atoms. The Morgan fingerprint density at radius 3 is 2.28 bits per heavy atom. The maximum Gasteiger partial charge on any atom is 0.254 e. The Labute approximate surface area is 171 Å². The minimum absolute atomic E-state index is 0.0888. The summed E-state index contributed by atoms with van der Waals surface area (Å²) in [6.07, 6.45) is 2.62. The minimum atomic E-state index is -0.132. The second-order valence-corrected chi connectivity index (χ2v) is 8.42. The van der Waals surface area contributed by atoms with Crippen molar-refractivity contribution >= 4 is 11.7 Å². The lowest BCUT2D eigenvalue weighted by atomic mass is 9.96. The van der Waals surface area contributed by atoms with Crippen LogP contribution < -0.4 is 0 Å². The van der Waals surface area contributed by atoms with Gasteiger partial charge in [0.2, 0.25) is 0 Å². The van der Waals surface area contributed by atoms with Gasteiger partial charge in [-0.05, 0) is 26.8 Å². The zero-order valence-electron chi connectivity index (χ0n) is 17.1. The molecular weight excluding hydrogens is 362 g/mol. The van der Waals surface area contributed by atoms with Gasteiger partial charge in [-0.25, -0.2) is 0 Å². The number of amides is 1. The van der Waals surface area contributed by atoms with E-state index in [-0.39, 0.29) is 17.2 Å². The third-order valence-electron chi connectivity index (χ3n) is 5.30. The molecular formula is C24H25N3O2. The van der Waals surface area contributed by atoms with Crippen LogP contribution >= 0.6 is 0 Å². The lowest BCUT2D eigenvalue weighted by Crippen LogP contribution is -2.38. The van der Waals surface area contributed by atoms with E-state index in [1.807, 2.05) is 35.4 Å². The molecule has 0 saturated carbocycles. The SMILES string of the molecule is CC(C)(C)n1ncc2c1CCN(C(=O)c1ccccc1C(=O)c1ccccc1)C2. The van der Waals surface area contributed by atoms with Crippen molar-refractivity contribution in [3.05, 3.63) is 88.7 Å². The smallest absolute Gasteiger partial charge is 0.254 e. The Hall–Kier alpha value is -3.21. The van der Waals surface area contributed by atoms with Gasteiger partial charge in [-0.15, -0.1) is 0 Å². The molecule has 0 atom stereocenters. The predicted molar refractivity (Wildman–Crippen MR) is 112 cm³/mol. The van der Waals surface area contributed by atoms with E-state index < -0.39 is 0 Å². The number of aromatic nitrogens is 2. The first-order valence-electron chi connectivity index (χ1n) is 9.90. The van der Waals surface area contributed by atoms with Crippen molar-refractivity contribution in [3.63, 3.8) is 0 Å². The fourth-order valence-corrected chi connectivity index (χ4v) is 3.87. The van der Waals surface area contributed by atoms with Gasteiger partial charge >= 0.3 is 0 Å². The van der Waals surface area contributed by atoms with E-state index in [2.05, 4.69) is 30.6 Å². The molecule has 0 radical (unpaired) electrons. The van der Waals surface area contributed by atoms with E-state index >= 15 is 0 Å². The molecule has 2 heterocycles. The first-order chi connectivity index (χ1) is 13.9. The van der Waals surface area contributed by atoms with Crippen LogP contribution in [0.5, 0.6) is 0 Å². The van der Waals surface area contributed by atoms with Gasteiger partial charge in [-0.1, -0.05) is 48.5 Å². The average Bonchev–Trinajstić information content (AvgIpc) is 3.17. The quantitative estimate of drug-likeness (QED) is 0.637. The van der Waals surface area contributed by atoms with Gasteiger partial charge in [0.05, 0.1) is 17.3 Å². The molecule has 1 amide bonds. The van der Waals surface area contributed by atoms with Crippen LogP contribution in [0.25, 0.3) is 0 Å². The van der Waals surface area contributed by atoms with Crippen molar-refractivity contribution in [2.75, 3.05) is 6.54 Å². The van der Waals surface area contributed by atoms with Crippen molar-refractivity contribution in [2.45, 2.75) is 39.3 Å². The average molecular weight is 387 g/mol. The lowest BCUT2D eigenvalue weighted by molar-refractivity contribution is 0.0728. The number of hydrogen-bond acceptors (Lipinski definition) is 3. The van der Waals surface area contributed by atoms with Gasteiger partial charge in [0.15, 0.2) is 5.78 Å². The number of fused-ring (bicyclic) bond motifs is 1. The molecule has 0 spiro atoms. The number of nitrogens with zero attached hydrogens (tertiary/aromatic N) is 3. The monoisotopic (exact) mass is 387 g/mol. The highest BCUT2D eigenvalue weighted by molar-refractivity contribution is 6.15. The molecule has 0 saturated heterocycles. The van der Waals surface area contributed by atoms with Crippen LogP contribution in [0.15, 0.2) is 60.8 Å². The lowest BCUT2D eigenvalue weighted by Gasteiger charge is -2.30. The summed E-state index contributed by atoms with van der Waals surface area (Å²) in [5, 5.41) is 4.55. The van der Waals surface area contributed by atoms with Crippen LogP contribution in [-0.2, 0) is 18.5 Å². The van der Waals surface area contributed by atoms with Gasteiger partial charge in [0, 0.05) is 41.9 Å². The van der Waals surface area contributed by atoms with Gasteiger partial charge in [0.1, 0.15) is 0 Å². The summed E-state index contributed by atoms with van der Waals surface area (Å²) in [6, 6.07) is 16.2. The zero-order valence-corrected chi connectivity index (χ0v) is 17.1. The molecule has 0 aliphatic carbocycles. The van der Waals surface area contributed by atoms with Crippen molar-refractivity contribution in [3.8, 4) is 0 Å². The molecule has 29 heavy (non-hydrogen) atoms. The number of carbonyl (C=O) groups is 2. The third-order valence-corrected chi connectivity index (χ3v) is 5.30. The van der Waals surface area contributed by atoms with Crippen molar-refractivity contribution in [1.82, 2.24) is 14.7 Å². The maximum atomic E-state index is 13.3. The molecule has 5 nitrogen and oxygen atoms in total. The highest BCUT2D eigenvalue weighted by Gasteiger charge is 2.29. The highest BCUT2D eigenvalue weighted by atomic mass is 16.2. The van der Waals surface area contributed by atoms with Crippen molar-refractivity contribution in [2.24, 2.45) is 0 Å². The fraction of sp³-hybridized carbons (Fsp3) is 0.292. The first kappa shape index (κ1) is 19.1. The molecule has 5 heteroatoms. The first-order valence-corrected chi connectivity index (χ1v) is 9.90. The number of rotatable bonds is 3. The summed E-state index contributed by atoms with van der Waals surface area (Å²) in [5.74, 6) is -0.244. The minimum Gasteiger partial charge on any atom is -0.334 e. The topological polar surface area (TPSA) is 55.2 Å². The van der Waals surface area contributed by atoms with Crippen LogP contribution in [-0.4, -0.2) is 32.9 Å². The van der Waals surface area contributed by atoms with E-state index in [1.54, 1.807) is 30.3 Å². The van der Waals surface area contributed by atoms with Gasteiger partial charge in [-0.2, -0.15) is 5.10 Å². The second-order valence-electron chi connectivity index (χ2n) is 8.42. The molecule has 148 valence electrons. The van der Waals surface area contributed by atoms with Crippen LogP contribution in [0.4, 0.5) is 0 Å². The molecule has 0 unspecified atom stereocenters. The van der Waals surface area contributed by atoms with Crippen LogP contribution in [0.1, 0.15) is 58.3 Å². The van der Waals surface area contributed by atoms with Crippen LogP contribution in [0.2, 0.25) is 0 Å².